The molecule has 0 spiro atoms. The zero-order valence-electron chi connectivity index (χ0n) is 5.66. The Balaban J connectivity index is 3.47. The average molecular weight is 255 g/mol. The zero-order valence-corrected chi connectivity index (χ0v) is 8.06. The summed E-state index contributed by atoms with van der Waals surface area (Å²) in [5.74, 6) is -0.311. The van der Waals surface area contributed by atoms with Gasteiger partial charge in [0, 0.05) is 0 Å². The van der Waals surface area contributed by atoms with Crippen molar-refractivity contribution in [2.45, 2.75) is 4.90 Å². The molecule has 0 fully saturated rings. The molecule has 1 rings (SSSR count). The van der Waals surface area contributed by atoms with Crippen molar-refractivity contribution < 1.29 is 17.4 Å². The summed E-state index contributed by atoms with van der Waals surface area (Å²) in [5, 5.41) is 8.99. The topological polar surface area (TPSA) is 54.4 Å². The molecule has 0 saturated carbocycles. The van der Waals surface area contributed by atoms with Gasteiger partial charge in [-0.1, -0.05) is 6.07 Å². The fraction of sp³-hybridized carbons (Fsp3) is 0. The monoisotopic (exact) mass is 254 g/mol. The van der Waals surface area contributed by atoms with Gasteiger partial charge in [0.05, 0.1) is 4.47 Å². The first kappa shape index (κ1) is 9.47. The van der Waals surface area contributed by atoms with Crippen LogP contribution in [-0.4, -0.2) is 13.5 Å². The average Bonchev–Trinajstić information content (AvgIpc) is 1.92. The Kier molecular flexibility index (Phi) is 2.39. The van der Waals surface area contributed by atoms with Gasteiger partial charge in [0.1, 0.15) is 10.6 Å². The molecular formula is C6H4BrFO3S. The third-order valence-electron chi connectivity index (χ3n) is 1.21. The maximum absolute atomic E-state index is 12.4. The Morgan fingerprint density at radius 3 is 2.42 bits per heavy atom. The minimum absolute atomic E-state index is 0.160. The Labute approximate surface area is 77.2 Å². The van der Waals surface area contributed by atoms with E-state index < -0.39 is 15.1 Å². The number of halogens is 2. The van der Waals surface area contributed by atoms with Gasteiger partial charge < -0.3 is 5.11 Å². The maximum Gasteiger partial charge on any atom is 0.333 e. The van der Waals surface area contributed by atoms with Crippen molar-refractivity contribution >= 4 is 26.2 Å². The van der Waals surface area contributed by atoms with Crippen molar-refractivity contribution in [2.75, 3.05) is 0 Å². The van der Waals surface area contributed by atoms with Crippen LogP contribution in [0, 0.1) is 0 Å². The number of phenols is 1. The second-order valence-corrected chi connectivity index (χ2v) is 4.14. The van der Waals surface area contributed by atoms with Gasteiger partial charge in [-0.3, -0.25) is 0 Å². The van der Waals surface area contributed by atoms with Crippen LogP contribution in [0.4, 0.5) is 3.89 Å². The van der Waals surface area contributed by atoms with Crippen LogP contribution >= 0.6 is 15.9 Å². The van der Waals surface area contributed by atoms with Crippen molar-refractivity contribution in [3.05, 3.63) is 22.7 Å². The van der Waals surface area contributed by atoms with Crippen molar-refractivity contribution in [1.82, 2.24) is 0 Å². The van der Waals surface area contributed by atoms with E-state index in [9.17, 15) is 12.3 Å². The minimum Gasteiger partial charge on any atom is -0.507 e. The SMILES string of the molecule is O=S(=O)(F)c1cccc(O)c1Br. The summed E-state index contributed by atoms with van der Waals surface area (Å²) in [6, 6.07) is 3.55. The zero-order chi connectivity index (χ0) is 9.35. The lowest BCUT2D eigenvalue weighted by Gasteiger charge is -1.99. The maximum atomic E-state index is 12.4. The molecule has 6 heteroatoms. The van der Waals surface area contributed by atoms with Gasteiger partial charge in [0.15, 0.2) is 0 Å². The molecular weight excluding hydrogens is 251 g/mol. The van der Waals surface area contributed by atoms with Crippen LogP contribution in [0.3, 0.4) is 0 Å². The lowest BCUT2D eigenvalue weighted by molar-refractivity contribution is 0.468. The van der Waals surface area contributed by atoms with Crippen molar-refractivity contribution in [2.24, 2.45) is 0 Å². The molecule has 0 heterocycles. The summed E-state index contributed by atoms with van der Waals surface area (Å²) in [7, 11) is -4.76. The Morgan fingerprint density at radius 2 is 2.00 bits per heavy atom. The van der Waals surface area contributed by atoms with Crippen LogP contribution in [0.15, 0.2) is 27.6 Å². The highest BCUT2D eigenvalue weighted by atomic mass is 79.9. The molecule has 0 aliphatic carbocycles. The van der Waals surface area contributed by atoms with Gasteiger partial charge in [-0.25, -0.2) is 0 Å². The molecule has 0 aliphatic rings. The second-order valence-electron chi connectivity index (χ2n) is 2.03. The molecule has 12 heavy (non-hydrogen) atoms. The summed E-state index contributed by atoms with van der Waals surface area (Å²) >= 11 is 2.75. The van der Waals surface area contributed by atoms with Gasteiger partial charge in [0.2, 0.25) is 0 Å². The van der Waals surface area contributed by atoms with Gasteiger partial charge in [-0.05, 0) is 28.1 Å². The molecule has 0 atom stereocenters. The van der Waals surface area contributed by atoms with E-state index in [-0.39, 0.29) is 10.2 Å². The molecule has 66 valence electrons. The molecule has 0 amide bonds. The van der Waals surface area contributed by atoms with E-state index in [1.165, 1.54) is 12.1 Å². The summed E-state index contributed by atoms with van der Waals surface area (Å²) in [6.45, 7) is 0. The molecule has 0 unspecified atom stereocenters. The van der Waals surface area contributed by atoms with E-state index in [4.69, 9.17) is 5.11 Å². The van der Waals surface area contributed by atoms with Gasteiger partial charge in [0.25, 0.3) is 0 Å². The Morgan fingerprint density at radius 1 is 1.42 bits per heavy atom. The first-order valence-corrected chi connectivity index (χ1v) is 5.02. The highest BCUT2D eigenvalue weighted by molar-refractivity contribution is 9.10. The van der Waals surface area contributed by atoms with Crippen LogP contribution in [-0.2, 0) is 10.2 Å². The lowest BCUT2D eigenvalue weighted by Crippen LogP contribution is -1.92. The molecule has 0 radical (unpaired) electrons. The Bertz CT molecular complexity index is 401. The van der Waals surface area contributed by atoms with Crippen molar-refractivity contribution in [3.8, 4) is 5.75 Å². The molecule has 0 saturated heterocycles. The molecule has 3 nitrogen and oxygen atoms in total. The van der Waals surface area contributed by atoms with Gasteiger partial charge >= 0.3 is 10.2 Å². The van der Waals surface area contributed by atoms with E-state index in [2.05, 4.69) is 15.9 Å². The predicted octanol–water partition coefficient (Wildman–Crippen LogP) is 1.81. The van der Waals surface area contributed by atoms with Crippen LogP contribution in [0.25, 0.3) is 0 Å². The van der Waals surface area contributed by atoms with E-state index in [1.807, 2.05) is 0 Å². The van der Waals surface area contributed by atoms with Crippen molar-refractivity contribution in [3.63, 3.8) is 0 Å². The van der Waals surface area contributed by atoms with Gasteiger partial charge in [-0.15, -0.1) is 3.89 Å². The third-order valence-corrected chi connectivity index (χ3v) is 3.17. The molecule has 0 aromatic heterocycles. The highest BCUT2D eigenvalue weighted by Crippen LogP contribution is 2.31. The number of benzene rings is 1. The number of aromatic hydroxyl groups is 1. The summed E-state index contributed by atoms with van der Waals surface area (Å²) in [5.41, 5.74) is 0. The number of phenolic OH excluding ortho intramolecular Hbond substituents is 1. The predicted molar refractivity (Wildman–Crippen MR) is 44.1 cm³/mol. The van der Waals surface area contributed by atoms with Crippen LogP contribution < -0.4 is 0 Å². The summed E-state index contributed by atoms with van der Waals surface area (Å²) in [4.78, 5) is -0.567. The molecule has 0 bridgehead atoms. The number of hydrogen-bond acceptors (Lipinski definition) is 3. The first-order chi connectivity index (χ1) is 5.43. The van der Waals surface area contributed by atoms with Crippen LogP contribution in [0.1, 0.15) is 0 Å². The van der Waals surface area contributed by atoms with E-state index >= 15 is 0 Å². The second kappa shape index (κ2) is 3.02. The minimum atomic E-state index is -4.76. The molecule has 1 aromatic rings. The van der Waals surface area contributed by atoms with Crippen LogP contribution in [0.2, 0.25) is 0 Å². The normalized spacial score (nSPS) is 11.5. The van der Waals surface area contributed by atoms with Crippen LogP contribution in [0.5, 0.6) is 5.75 Å². The third kappa shape index (κ3) is 1.75. The quantitative estimate of drug-likeness (QED) is 0.778. The van der Waals surface area contributed by atoms with E-state index in [0.717, 1.165) is 6.07 Å². The molecule has 1 aromatic carbocycles. The fourth-order valence-corrected chi connectivity index (χ4v) is 2.09. The summed E-state index contributed by atoms with van der Waals surface area (Å²) in [6.07, 6.45) is 0. The first-order valence-electron chi connectivity index (χ1n) is 2.85. The lowest BCUT2D eigenvalue weighted by atomic mass is 10.3. The summed E-state index contributed by atoms with van der Waals surface area (Å²) < 4.78 is 33.0. The number of hydrogen-bond donors (Lipinski definition) is 1. The fourth-order valence-electron chi connectivity index (χ4n) is 0.688. The smallest absolute Gasteiger partial charge is 0.333 e. The van der Waals surface area contributed by atoms with Gasteiger partial charge in [-0.2, -0.15) is 8.42 Å². The standard InChI is InChI=1S/C6H4BrFO3S/c7-6-4(9)2-1-3-5(6)12(8,10)11/h1-3,9H. The van der Waals surface area contributed by atoms with E-state index in [0.29, 0.717) is 0 Å². The van der Waals surface area contributed by atoms with Crippen molar-refractivity contribution in [1.29, 1.82) is 0 Å². The molecule has 0 aliphatic heterocycles. The number of rotatable bonds is 1. The van der Waals surface area contributed by atoms with E-state index in [1.54, 1.807) is 0 Å². The molecule has 1 N–H and O–H groups in total. The highest BCUT2D eigenvalue weighted by Gasteiger charge is 2.17. The largest absolute Gasteiger partial charge is 0.507 e. The Hall–Kier alpha value is -0.620.